The second-order valence-electron chi connectivity index (χ2n) is 4.92. The third-order valence-corrected chi connectivity index (χ3v) is 3.71. The van der Waals surface area contributed by atoms with Crippen LogP contribution in [0.2, 0.25) is 0 Å². The molecule has 0 radical (unpaired) electrons. The third-order valence-electron chi connectivity index (χ3n) is 3.71. The largest absolute Gasteiger partial charge is 0.387 e. The van der Waals surface area contributed by atoms with E-state index in [1.165, 1.54) is 12.8 Å². The summed E-state index contributed by atoms with van der Waals surface area (Å²) in [5, 5.41) is 15.0. The normalized spacial score (nSPS) is 20.8. The molecule has 1 fully saturated rings. The maximum Gasteiger partial charge on any atom is 0.0963 e. The average Bonchev–Trinajstić information content (AvgIpc) is 2.47. The second kappa shape index (κ2) is 6.46. The number of aromatic nitrogens is 1. The van der Waals surface area contributed by atoms with Gasteiger partial charge in [-0.1, -0.05) is 30.7 Å². The molecule has 3 nitrogen and oxygen atoms in total. The quantitative estimate of drug-likeness (QED) is 0.893. The van der Waals surface area contributed by atoms with Gasteiger partial charge in [-0.3, -0.25) is 4.98 Å². The van der Waals surface area contributed by atoms with Crippen molar-refractivity contribution < 1.29 is 5.11 Å². The van der Waals surface area contributed by atoms with Crippen molar-refractivity contribution in [2.75, 3.05) is 6.54 Å². The highest BCUT2D eigenvalue weighted by molar-refractivity contribution is 8.93. The van der Waals surface area contributed by atoms with Gasteiger partial charge in [0.15, 0.2) is 0 Å². The van der Waals surface area contributed by atoms with Crippen molar-refractivity contribution in [1.82, 2.24) is 10.3 Å². The second-order valence-corrected chi connectivity index (χ2v) is 4.92. The van der Waals surface area contributed by atoms with Crippen LogP contribution in [-0.4, -0.2) is 22.7 Å². The molecule has 2 atom stereocenters. The molecule has 1 saturated heterocycles. The van der Waals surface area contributed by atoms with Gasteiger partial charge >= 0.3 is 0 Å². The average molecular weight is 323 g/mol. The Labute approximate surface area is 123 Å². The summed E-state index contributed by atoms with van der Waals surface area (Å²) in [6.07, 6.45) is 4.74. The SMILES string of the molecule is Br.OC(c1cccc2cccnc12)C1CCCCN1. The minimum atomic E-state index is -0.469. The first-order chi connectivity index (χ1) is 8.86. The van der Waals surface area contributed by atoms with E-state index >= 15 is 0 Å². The summed E-state index contributed by atoms with van der Waals surface area (Å²) in [6, 6.07) is 10.1. The van der Waals surface area contributed by atoms with Gasteiger partial charge in [0, 0.05) is 23.2 Å². The lowest BCUT2D eigenvalue weighted by molar-refractivity contribution is 0.115. The van der Waals surface area contributed by atoms with Gasteiger partial charge in [-0.15, -0.1) is 17.0 Å². The highest BCUT2D eigenvalue weighted by Gasteiger charge is 2.24. The van der Waals surface area contributed by atoms with E-state index in [4.69, 9.17) is 0 Å². The van der Waals surface area contributed by atoms with Crippen LogP contribution in [-0.2, 0) is 0 Å². The Kier molecular flexibility index (Phi) is 4.91. The van der Waals surface area contributed by atoms with Crippen LogP contribution in [0.4, 0.5) is 0 Å². The van der Waals surface area contributed by atoms with E-state index in [0.717, 1.165) is 29.4 Å². The summed E-state index contributed by atoms with van der Waals surface area (Å²) in [5.74, 6) is 0. The molecule has 1 aliphatic heterocycles. The van der Waals surface area contributed by atoms with Gasteiger partial charge in [0.25, 0.3) is 0 Å². The fraction of sp³-hybridized carbons (Fsp3) is 0.400. The summed E-state index contributed by atoms with van der Waals surface area (Å²) in [7, 11) is 0. The van der Waals surface area contributed by atoms with Gasteiger partial charge in [0.1, 0.15) is 0 Å². The van der Waals surface area contributed by atoms with E-state index in [2.05, 4.69) is 10.3 Å². The van der Waals surface area contributed by atoms with E-state index in [0.29, 0.717) is 0 Å². The van der Waals surface area contributed by atoms with E-state index in [-0.39, 0.29) is 23.0 Å². The van der Waals surface area contributed by atoms with Gasteiger partial charge < -0.3 is 10.4 Å². The lowest BCUT2D eigenvalue weighted by atomic mass is 9.93. The van der Waals surface area contributed by atoms with Crippen molar-refractivity contribution in [3.8, 4) is 0 Å². The molecular formula is C15H19BrN2O. The number of hydrogen-bond acceptors (Lipinski definition) is 3. The standard InChI is InChI=1S/C15H18N2O.BrH/c18-15(13-8-1-2-9-16-13)12-7-3-5-11-6-4-10-17-14(11)12;/h3-7,10,13,15-16,18H,1-2,8-9H2;1H. The number of nitrogens with one attached hydrogen (secondary N) is 1. The van der Waals surface area contributed by atoms with Gasteiger partial charge in [-0.25, -0.2) is 0 Å². The molecule has 0 amide bonds. The van der Waals surface area contributed by atoms with E-state index in [1.807, 2.05) is 30.3 Å². The molecule has 0 bridgehead atoms. The van der Waals surface area contributed by atoms with Crippen LogP contribution in [0.3, 0.4) is 0 Å². The van der Waals surface area contributed by atoms with Crippen molar-refractivity contribution in [2.45, 2.75) is 31.4 Å². The van der Waals surface area contributed by atoms with Crippen LogP contribution in [0.5, 0.6) is 0 Å². The number of aliphatic hydroxyl groups excluding tert-OH is 1. The molecule has 2 N–H and O–H groups in total. The number of benzene rings is 1. The van der Waals surface area contributed by atoms with Crippen LogP contribution in [0.15, 0.2) is 36.5 Å². The Balaban J connectivity index is 0.00000133. The minimum Gasteiger partial charge on any atom is -0.387 e. The molecule has 0 aliphatic carbocycles. The van der Waals surface area contributed by atoms with Gasteiger partial charge in [-0.2, -0.15) is 0 Å². The number of aliphatic hydroxyl groups is 1. The van der Waals surface area contributed by atoms with Crippen LogP contribution < -0.4 is 5.32 Å². The number of fused-ring (bicyclic) bond motifs is 1. The summed E-state index contributed by atoms with van der Waals surface area (Å²) in [6.45, 7) is 1.000. The molecule has 19 heavy (non-hydrogen) atoms. The number of piperidine rings is 1. The third kappa shape index (κ3) is 2.96. The minimum absolute atomic E-state index is 0. The van der Waals surface area contributed by atoms with Crippen LogP contribution >= 0.6 is 17.0 Å². The maximum atomic E-state index is 10.5. The highest BCUT2D eigenvalue weighted by Crippen LogP contribution is 2.27. The van der Waals surface area contributed by atoms with Crippen molar-refractivity contribution >= 4 is 27.9 Å². The molecule has 4 heteroatoms. The number of rotatable bonds is 2. The van der Waals surface area contributed by atoms with Crippen molar-refractivity contribution in [3.05, 3.63) is 42.1 Å². The molecule has 0 spiro atoms. The van der Waals surface area contributed by atoms with E-state index in [1.54, 1.807) is 6.20 Å². The molecule has 102 valence electrons. The molecular weight excluding hydrogens is 304 g/mol. The maximum absolute atomic E-state index is 10.5. The number of nitrogens with zero attached hydrogens (tertiary/aromatic N) is 1. The molecule has 1 aliphatic rings. The zero-order valence-corrected chi connectivity index (χ0v) is 12.5. The van der Waals surface area contributed by atoms with Crippen LogP contribution in [0.1, 0.15) is 30.9 Å². The van der Waals surface area contributed by atoms with E-state index < -0.39 is 6.10 Å². The molecule has 2 unspecified atom stereocenters. The predicted molar refractivity (Wildman–Crippen MR) is 82.7 cm³/mol. The van der Waals surface area contributed by atoms with Gasteiger partial charge in [0.2, 0.25) is 0 Å². The topological polar surface area (TPSA) is 45.2 Å². The Morgan fingerprint density at radius 1 is 1.21 bits per heavy atom. The fourth-order valence-electron chi connectivity index (χ4n) is 2.73. The van der Waals surface area contributed by atoms with Crippen LogP contribution in [0.25, 0.3) is 10.9 Å². The van der Waals surface area contributed by atoms with Gasteiger partial charge in [0.05, 0.1) is 11.6 Å². The molecule has 3 rings (SSSR count). The van der Waals surface area contributed by atoms with Crippen molar-refractivity contribution in [2.24, 2.45) is 0 Å². The first-order valence-corrected chi connectivity index (χ1v) is 6.61. The zero-order chi connectivity index (χ0) is 12.4. The Morgan fingerprint density at radius 3 is 2.84 bits per heavy atom. The summed E-state index contributed by atoms with van der Waals surface area (Å²) >= 11 is 0. The molecule has 2 heterocycles. The first-order valence-electron chi connectivity index (χ1n) is 6.61. The Hall–Kier alpha value is -0.970. The van der Waals surface area contributed by atoms with Crippen molar-refractivity contribution in [1.29, 1.82) is 0 Å². The number of para-hydroxylation sites is 1. The highest BCUT2D eigenvalue weighted by atomic mass is 79.9. The Bertz CT molecular complexity index is 535. The summed E-state index contributed by atoms with van der Waals surface area (Å²) < 4.78 is 0. The zero-order valence-electron chi connectivity index (χ0n) is 10.7. The van der Waals surface area contributed by atoms with Crippen LogP contribution in [0, 0.1) is 0 Å². The summed E-state index contributed by atoms with van der Waals surface area (Å²) in [5.41, 5.74) is 1.85. The van der Waals surface area contributed by atoms with Crippen molar-refractivity contribution in [3.63, 3.8) is 0 Å². The smallest absolute Gasteiger partial charge is 0.0963 e. The fourth-order valence-corrected chi connectivity index (χ4v) is 2.73. The summed E-state index contributed by atoms with van der Waals surface area (Å²) in [4.78, 5) is 4.41. The van der Waals surface area contributed by atoms with Gasteiger partial charge in [-0.05, 0) is 25.5 Å². The molecule has 1 aromatic carbocycles. The van der Waals surface area contributed by atoms with E-state index in [9.17, 15) is 5.11 Å². The molecule has 2 aromatic rings. The predicted octanol–water partition coefficient (Wildman–Crippen LogP) is 2.99. The lowest BCUT2D eigenvalue weighted by Crippen LogP contribution is -2.38. The number of hydrogen-bond donors (Lipinski definition) is 2. The number of pyridine rings is 1. The lowest BCUT2D eigenvalue weighted by Gasteiger charge is -2.28. The first kappa shape index (κ1) is 14.4. The Morgan fingerprint density at radius 2 is 2.05 bits per heavy atom. The monoisotopic (exact) mass is 322 g/mol. The molecule has 0 saturated carbocycles. The molecule has 1 aromatic heterocycles. The number of halogens is 1.